The molecular weight excluding hydrogens is 162 g/mol. The molecule has 0 spiro atoms. The second kappa shape index (κ2) is 6.23. The number of allylic oxidation sites excluding steroid dienone is 1. The van der Waals surface area contributed by atoms with E-state index in [0.717, 1.165) is 12.2 Å². The van der Waals surface area contributed by atoms with Gasteiger partial charge in [0.15, 0.2) is 0 Å². The molecule has 0 aliphatic rings. The third-order valence-electron chi connectivity index (χ3n) is 1.54. The lowest BCUT2D eigenvalue weighted by Crippen LogP contribution is -1.93. The van der Waals surface area contributed by atoms with Crippen LogP contribution in [0.4, 0.5) is 0 Å². The number of nitrogens with zero attached hydrogens (tertiary/aromatic N) is 1. The Morgan fingerprint density at radius 1 is 1.54 bits per heavy atom. The highest BCUT2D eigenvalue weighted by Gasteiger charge is 1.87. The molecule has 0 fully saturated rings. The molecule has 0 aliphatic carbocycles. The molecule has 0 atom stereocenters. The van der Waals surface area contributed by atoms with Gasteiger partial charge in [0.25, 0.3) is 0 Å². The summed E-state index contributed by atoms with van der Waals surface area (Å²) in [5.74, 6) is 0.767. The van der Waals surface area contributed by atoms with Gasteiger partial charge in [-0.25, -0.2) is 0 Å². The van der Waals surface area contributed by atoms with Crippen molar-refractivity contribution >= 4 is 0 Å². The quantitative estimate of drug-likeness (QED) is 0.643. The minimum atomic E-state index is 0.611. The zero-order valence-corrected chi connectivity index (χ0v) is 7.86. The molecule has 1 heterocycles. The second-order valence-electron chi connectivity index (χ2n) is 2.69. The Morgan fingerprint density at radius 3 is 3.15 bits per heavy atom. The van der Waals surface area contributed by atoms with Crippen LogP contribution in [0.3, 0.4) is 0 Å². The van der Waals surface area contributed by atoms with Gasteiger partial charge in [0.1, 0.15) is 12.4 Å². The minimum Gasteiger partial charge on any atom is -0.488 e. The van der Waals surface area contributed by atoms with Crippen molar-refractivity contribution in [2.24, 2.45) is 0 Å². The molecule has 2 heteroatoms. The zero-order chi connectivity index (χ0) is 9.36. The fraction of sp³-hybridized carbons (Fsp3) is 0.364. The van der Waals surface area contributed by atoms with Crippen molar-refractivity contribution in [2.45, 2.75) is 19.8 Å². The molecule has 1 radical (unpaired) electrons. The summed E-state index contributed by atoms with van der Waals surface area (Å²) in [6.45, 7) is 2.76. The summed E-state index contributed by atoms with van der Waals surface area (Å²) in [4.78, 5) is 3.90. The number of aromatic nitrogens is 1. The average molecular weight is 176 g/mol. The molecule has 13 heavy (non-hydrogen) atoms. The van der Waals surface area contributed by atoms with Gasteiger partial charge < -0.3 is 4.74 Å². The summed E-state index contributed by atoms with van der Waals surface area (Å²) in [5.41, 5.74) is 0. The van der Waals surface area contributed by atoms with Crippen LogP contribution in [0.25, 0.3) is 0 Å². The first kappa shape index (κ1) is 9.78. The van der Waals surface area contributed by atoms with Gasteiger partial charge in [0, 0.05) is 12.3 Å². The summed E-state index contributed by atoms with van der Waals surface area (Å²) < 4.78 is 5.37. The first-order chi connectivity index (χ1) is 6.43. The average Bonchev–Trinajstić information content (AvgIpc) is 2.19. The fourth-order valence-corrected chi connectivity index (χ4v) is 0.886. The Morgan fingerprint density at radius 2 is 2.46 bits per heavy atom. The fourth-order valence-electron chi connectivity index (χ4n) is 0.886. The van der Waals surface area contributed by atoms with Crippen LogP contribution in [0.1, 0.15) is 19.8 Å². The highest BCUT2D eigenvalue weighted by molar-refractivity contribution is 5.14. The second-order valence-corrected chi connectivity index (χ2v) is 2.69. The van der Waals surface area contributed by atoms with Crippen LogP contribution in [-0.4, -0.2) is 11.6 Å². The van der Waals surface area contributed by atoms with E-state index in [4.69, 9.17) is 4.74 Å². The molecular formula is C11H14NO. The van der Waals surface area contributed by atoms with Crippen LogP contribution in [0.5, 0.6) is 5.75 Å². The molecule has 2 nitrogen and oxygen atoms in total. The van der Waals surface area contributed by atoms with E-state index < -0.39 is 0 Å². The van der Waals surface area contributed by atoms with Crippen molar-refractivity contribution in [2.75, 3.05) is 6.61 Å². The van der Waals surface area contributed by atoms with Crippen LogP contribution in [0.15, 0.2) is 30.6 Å². The van der Waals surface area contributed by atoms with Crippen LogP contribution < -0.4 is 4.74 Å². The molecule has 69 valence electrons. The maximum absolute atomic E-state index is 5.37. The standard InChI is InChI=1S/C11H14NO/c1-2-3-4-5-9-13-11-7-6-8-12-10-11/h4-5,7-8,10H,2-3,9H2,1H3/b5-4+. The number of rotatable bonds is 5. The highest BCUT2D eigenvalue weighted by atomic mass is 16.5. The number of unbranched alkanes of at least 4 members (excludes halogenated alkanes) is 1. The Hall–Kier alpha value is -1.31. The Kier molecular flexibility index (Phi) is 4.69. The van der Waals surface area contributed by atoms with Gasteiger partial charge in [-0.1, -0.05) is 25.5 Å². The molecule has 1 aromatic heterocycles. The largest absolute Gasteiger partial charge is 0.488 e. The molecule has 0 amide bonds. The molecule has 0 N–H and O–H groups in total. The molecule has 0 bridgehead atoms. The van der Waals surface area contributed by atoms with Crippen molar-refractivity contribution in [3.8, 4) is 5.75 Å². The van der Waals surface area contributed by atoms with E-state index in [1.807, 2.05) is 6.08 Å². The summed E-state index contributed by atoms with van der Waals surface area (Å²) >= 11 is 0. The summed E-state index contributed by atoms with van der Waals surface area (Å²) in [6.07, 6.45) is 9.74. The molecule has 1 aromatic rings. The van der Waals surface area contributed by atoms with Gasteiger partial charge in [-0.3, -0.25) is 4.98 Å². The molecule has 0 aromatic carbocycles. The Labute approximate surface area is 79.3 Å². The van der Waals surface area contributed by atoms with Gasteiger partial charge in [0.05, 0.1) is 6.20 Å². The van der Waals surface area contributed by atoms with E-state index in [-0.39, 0.29) is 0 Å². The number of ether oxygens (including phenoxy) is 1. The van der Waals surface area contributed by atoms with Crippen LogP contribution in [0, 0.1) is 6.07 Å². The van der Waals surface area contributed by atoms with Gasteiger partial charge in [-0.05, 0) is 12.5 Å². The van der Waals surface area contributed by atoms with Crippen molar-refractivity contribution in [3.05, 3.63) is 36.7 Å². The van der Waals surface area contributed by atoms with Crippen molar-refractivity contribution in [3.63, 3.8) is 0 Å². The predicted octanol–water partition coefficient (Wildman–Crippen LogP) is 2.62. The van der Waals surface area contributed by atoms with Crippen molar-refractivity contribution in [1.82, 2.24) is 4.98 Å². The molecule has 0 saturated carbocycles. The monoisotopic (exact) mass is 176 g/mol. The number of pyridine rings is 1. The van der Waals surface area contributed by atoms with Crippen molar-refractivity contribution in [1.29, 1.82) is 0 Å². The van der Waals surface area contributed by atoms with E-state index in [1.54, 1.807) is 18.5 Å². The van der Waals surface area contributed by atoms with Crippen molar-refractivity contribution < 1.29 is 4.74 Å². The van der Waals surface area contributed by atoms with Crippen LogP contribution >= 0.6 is 0 Å². The first-order valence-corrected chi connectivity index (χ1v) is 4.52. The van der Waals surface area contributed by atoms with E-state index >= 15 is 0 Å². The van der Waals surface area contributed by atoms with E-state index in [1.165, 1.54) is 6.42 Å². The maximum Gasteiger partial charge on any atom is 0.138 e. The molecule has 0 unspecified atom stereocenters. The normalized spacial score (nSPS) is 10.5. The van der Waals surface area contributed by atoms with Gasteiger partial charge >= 0.3 is 0 Å². The molecule has 0 saturated heterocycles. The predicted molar refractivity (Wildman–Crippen MR) is 52.6 cm³/mol. The highest BCUT2D eigenvalue weighted by Crippen LogP contribution is 2.05. The van der Waals surface area contributed by atoms with E-state index in [9.17, 15) is 0 Å². The van der Waals surface area contributed by atoms with Gasteiger partial charge in [0.2, 0.25) is 0 Å². The van der Waals surface area contributed by atoms with Crippen LogP contribution in [-0.2, 0) is 0 Å². The lowest BCUT2D eigenvalue weighted by molar-refractivity contribution is 0.361. The lowest BCUT2D eigenvalue weighted by Gasteiger charge is -2.00. The Balaban J connectivity index is 2.20. The number of hydrogen-bond donors (Lipinski definition) is 0. The topological polar surface area (TPSA) is 22.1 Å². The summed E-state index contributed by atoms with van der Waals surface area (Å²) in [7, 11) is 0. The Bertz CT molecular complexity index is 244. The molecule has 0 aliphatic heterocycles. The SMILES string of the molecule is CCC/C=C/COc1c[c]cnc1. The first-order valence-electron chi connectivity index (χ1n) is 4.52. The molecule has 1 rings (SSSR count). The summed E-state index contributed by atoms with van der Waals surface area (Å²) in [5, 5.41) is 0. The smallest absolute Gasteiger partial charge is 0.138 e. The van der Waals surface area contributed by atoms with E-state index in [2.05, 4.69) is 24.1 Å². The van der Waals surface area contributed by atoms with E-state index in [0.29, 0.717) is 6.61 Å². The third kappa shape index (κ3) is 4.31. The van der Waals surface area contributed by atoms with Gasteiger partial charge in [-0.2, -0.15) is 0 Å². The minimum absolute atomic E-state index is 0.611. The van der Waals surface area contributed by atoms with Crippen LogP contribution in [0.2, 0.25) is 0 Å². The maximum atomic E-state index is 5.37. The number of hydrogen-bond acceptors (Lipinski definition) is 2. The zero-order valence-electron chi connectivity index (χ0n) is 7.86. The van der Waals surface area contributed by atoms with Gasteiger partial charge in [-0.15, -0.1) is 0 Å². The lowest BCUT2D eigenvalue weighted by atomic mass is 10.3. The summed E-state index contributed by atoms with van der Waals surface area (Å²) in [6, 6.07) is 4.63. The third-order valence-corrected chi connectivity index (χ3v) is 1.54.